The molecule has 0 fully saturated rings. The number of carboxylic acids is 1. The van der Waals surface area contributed by atoms with E-state index in [1.807, 2.05) is 36.4 Å². The first-order valence-corrected chi connectivity index (χ1v) is 10.8. The van der Waals surface area contributed by atoms with Gasteiger partial charge in [0.05, 0.1) is 0 Å². The van der Waals surface area contributed by atoms with E-state index < -0.39 is 29.0 Å². The Balaban J connectivity index is 1.67. The molecule has 3 N–H and O–H groups in total. The molecule has 0 atom stereocenters. The van der Waals surface area contributed by atoms with E-state index in [2.05, 4.69) is 22.8 Å². The van der Waals surface area contributed by atoms with Gasteiger partial charge in [0.15, 0.2) is 0 Å². The van der Waals surface area contributed by atoms with Crippen molar-refractivity contribution in [2.75, 3.05) is 6.61 Å². The van der Waals surface area contributed by atoms with Crippen LogP contribution in [0.5, 0.6) is 0 Å². The molecule has 0 heterocycles. The molecule has 0 unspecified atom stereocenters. The van der Waals surface area contributed by atoms with E-state index in [0.29, 0.717) is 0 Å². The van der Waals surface area contributed by atoms with Gasteiger partial charge in [0, 0.05) is 5.92 Å². The number of rotatable bonds is 8. The van der Waals surface area contributed by atoms with Crippen LogP contribution in [0.4, 0.5) is 4.79 Å². The van der Waals surface area contributed by atoms with E-state index >= 15 is 0 Å². The van der Waals surface area contributed by atoms with Crippen molar-refractivity contribution in [1.29, 1.82) is 0 Å². The molecule has 2 aromatic rings. The molecule has 7 heteroatoms. The van der Waals surface area contributed by atoms with Crippen molar-refractivity contribution in [2.24, 2.45) is 0 Å². The number of aliphatic carboxylic acids is 1. The van der Waals surface area contributed by atoms with Crippen LogP contribution in [0.15, 0.2) is 48.5 Å². The Bertz CT molecular complexity index is 981. The van der Waals surface area contributed by atoms with Gasteiger partial charge in [0.2, 0.25) is 5.91 Å². The number of hydrogen-bond acceptors (Lipinski definition) is 4. The number of carboxylic acid groups (broad SMARTS) is 1. The summed E-state index contributed by atoms with van der Waals surface area (Å²) in [5.41, 5.74) is 1.71. The highest BCUT2D eigenvalue weighted by atomic mass is 16.5. The van der Waals surface area contributed by atoms with Crippen LogP contribution in [0.1, 0.15) is 57.6 Å². The van der Waals surface area contributed by atoms with Crippen molar-refractivity contribution in [3.63, 3.8) is 0 Å². The quantitative estimate of drug-likeness (QED) is 0.576. The number of ether oxygens (including phenoxy) is 1. The zero-order valence-corrected chi connectivity index (χ0v) is 18.9. The summed E-state index contributed by atoms with van der Waals surface area (Å²) in [6, 6.07) is 16.0. The average Bonchev–Trinajstić information content (AvgIpc) is 3.09. The third kappa shape index (κ3) is 4.33. The highest BCUT2D eigenvalue weighted by Gasteiger charge is 2.41. The fraction of sp³-hybridized carbons (Fsp3) is 0.400. The molecule has 0 radical (unpaired) electrons. The van der Waals surface area contributed by atoms with Gasteiger partial charge in [-0.25, -0.2) is 9.59 Å². The Kier molecular flexibility index (Phi) is 6.57. The van der Waals surface area contributed by atoms with Crippen molar-refractivity contribution in [2.45, 2.75) is 57.5 Å². The number of fused-ring (bicyclic) bond motifs is 3. The van der Waals surface area contributed by atoms with Gasteiger partial charge in [-0.1, -0.05) is 62.4 Å². The zero-order valence-electron chi connectivity index (χ0n) is 18.9. The Morgan fingerprint density at radius 2 is 1.41 bits per heavy atom. The van der Waals surface area contributed by atoms with Crippen molar-refractivity contribution < 1.29 is 24.2 Å². The van der Waals surface area contributed by atoms with E-state index in [1.165, 1.54) is 13.8 Å². The number of nitrogens with one attached hydrogen (secondary N) is 2. The second kappa shape index (κ2) is 9.02. The minimum absolute atomic E-state index is 0.0927. The lowest BCUT2D eigenvalue weighted by Crippen LogP contribution is -2.62. The molecule has 7 nitrogen and oxygen atoms in total. The fourth-order valence-corrected chi connectivity index (χ4v) is 4.10. The van der Waals surface area contributed by atoms with Gasteiger partial charge >= 0.3 is 12.1 Å². The van der Waals surface area contributed by atoms with Crippen molar-refractivity contribution in [3.8, 4) is 11.1 Å². The molecule has 0 aliphatic heterocycles. The van der Waals surface area contributed by atoms with Crippen LogP contribution >= 0.6 is 0 Å². The van der Waals surface area contributed by atoms with E-state index in [9.17, 15) is 19.5 Å². The lowest BCUT2D eigenvalue weighted by Gasteiger charge is -2.33. The number of carbonyl (C=O) groups excluding carboxylic acids is 2. The SMILES string of the molecule is CCC(CC)(NC(=O)C(C)(C)NC(=O)OCC1c2ccccc2-c2ccccc21)C(=O)O. The minimum Gasteiger partial charge on any atom is -0.480 e. The largest absolute Gasteiger partial charge is 0.480 e. The summed E-state index contributed by atoms with van der Waals surface area (Å²) in [6.07, 6.45) is -0.280. The third-order valence-corrected chi connectivity index (χ3v) is 6.30. The summed E-state index contributed by atoms with van der Waals surface area (Å²) in [5, 5.41) is 14.7. The van der Waals surface area contributed by atoms with Crippen LogP contribution in [0, 0.1) is 0 Å². The molecule has 32 heavy (non-hydrogen) atoms. The smallest absolute Gasteiger partial charge is 0.408 e. The van der Waals surface area contributed by atoms with Crippen LogP contribution in [0.25, 0.3) is 11.1 Å². The highest BCUT2D eigenvalue weighted by molar-refractivity contribution is 5.93. The van der Waals surface area contributed by atoms with Crippen LogP contribution in [-0.2, 0) is 14.3 Å². The summed E-state index contributed by atoms with van der Waals surface area (Å²) in [4.78, 5) is 37.0. The number of carbonyl (C=O) groups is 3. The second-order valence-electron chi connectivity index (χ2n) is 8.62. The first-order chi connectivity index (χ1) is 15.1. The highest BCUT2D eigenvalue weighted by Crippen LogP contribution is 2.44. The van der Waals surface area contributed by atoms with E-state index in [0.717, 1.165) is 22.3 Å². The van der Waals surface area contributed by atoms with Gasteiger partial charge in [0.1, 0.15) is 17.7 Å². The standard InChI is InChI=1S/C25H30N2O5/c1-5-25(6-2,22(29)30)26-21(28)24(3,4)27-23(31)32-15-20-18-13-9-7-11-16(18)17-12-8-10-14-19(17)20/h7-14,20H,5-6,15H2,1-4H3,(H,26,28)(H,27,31)(H,29,30). The maximum atomic E-state index is 12.8. The summed E-state index contributed by atoms with van der Waals surface area (Å²) in [6.45, 7) is 6.55. The number of alkyl carbamates (subject to hydrolysis) is 1. The Hall–Kier alpha value is -3.35. The molecule has 1 aliphatic rings. The van der Waals surface area contributed by atoms with Gasteiger partial charge in [-0.2, -0.15) is 0 Å². The van der Waals surface area contributed by atoms with Crippen LogP contribution in [0.2, 0.25) is 0 Å². The molecular formula is C25H30N2O5. The zero-order chi connectivity index (χ0) is 23.5. The van der Waals surface area contributed by atoms with Gasteiger partial charge in [0.25, 0.3) is 0 Å². The monoisotopic (exact) mass is 438 g/mol. The summed E-state index contributed by atoms with van der Waals surface area (Å²) >= 11 is 0. The summed E-state index contributed by atoms with van der Waals surface area (Å²) in [5.74, 6) is -1.78. The first-order valence-electron chi connectivity index (χ1n) is 10.8. The van der Waals surface area contributed by atoms with E-state index in [4.69, 9.17) is 4.74 Å². The van der Waals surface area contributed by atoms with Crippen molar-refractivity contribution in [3.05, 3.63) is 59.7 Å². The maximum absolute atomic E-state index is 12.8. The lowest BCUT2D eigenvalue weighted by atomic mass is 9.91. The predicted octanol–water partition coefficient (Wildman–Crippen LogP) is 4.06. The number of amides is 2. The van der Waals surface area contributed by atoms with E-state index in [-0.39, 0.29) is 25.4 Å². The van der Waals surface area contributed by atoms with Crippen molar-refractivity contribution >= 4 is 18.0 Å². The third-order valence-electron chi connectivity index (χ3n) is 6.30. The predicted molar refractivity (Wildman–Crippen MR) is 121 cm³/mol. The molecule has 0 bridgehead atoms. The number of benzene rings is 2. The second-order valence-corrected chi connectivity index (χ2v) is 8.62. The molecular weight excluding hydrogens is 408 g/mol. The molecule has 0 aromatic heterocycles. The molecule has 3 rings (SSSR count). The van der Waals surface area contributed by atoms with Gasteiger partial charge in [-0.3, -0.25) is 4.79 Å². The Morgan fingerprint density at radius 3 is 1.88 bits per heavy atom. The van der Waals surface area contributed by atoms with E-state index in [1.54, 1.807) is 13.8 Å². The average molecular weight is 439 g/mol. The summed E-state index contributed by atoms with van der Waals surface area (Å²) in [7, 11) is 0. The fourth-order valence-electron chi connectivity index (χ4n) is 4.10. The molecule has 170 valence electrons. The first kappa shape index (κ1) is 23.3. The number of hydrogen-bond donors (Lipinski definition) is 3. The van der Waals surface area contributed by atoms with Gasteiger partial charge in [-0.15, -0.1) is 0 Å². The van der Waals surface area contributed by atoms with Crippen LogP contribution < -0.4 is 10.6 Å². The molecule has 0 spiro atoms. The summed E-state index contributed by atoms with van der Waals surface area (Å²) < 4.78 is 5.51. The molecule has 2 aromatic carbocycles. The molecule has 0 saturated carbocycles. The Labute approximate surface area is 188 Å². The minimum atomic E-state index is -1.38. The van der Waals surface area contributed by atoms with Crippen LogP contribution in [0.3, 0.4) is 0 Å². The molecule has 2 amide bonds. The molecule has 1 aliphatic carbocycles. The van der Waals surface area contributed by atoms with Crippen LogP contribution in [-0.4, -0.2) is 40.8 Å². The topological polar surface area (TPSA) is 105 Å². The maximum Gasteiger partial charge on any atom is 0.408 e. The molecule has 0 saturated heterocycles. The van der Waals surface area contributed by atoms with Gasteiger partial charge < -0.3 is 20.5 Å². The normalized spacial score (nSPS) is 13.1. The Morgan fingerprint density at radius 1 is 0.906 bits per heavy atom. The van der Waals surface area contributed by atoms with Crippen molar-refractivity contribution in [1.82, 2.24) is 10.6 Å². The lowest BCUT2D eigenvalue weighted by molar-refractivity contribution is -0.149. The van der Waals surface area contributed by atoms with Gasteiger partial charge in [-0.05, 0) is 48.9 Å².